The molecular formula is C25H22N6O2S. The first-order chi connectivity index (χ1) is 16.6. The van der Waals surface area contributed by atoms with E-state index >= 15 is 0 Å². The van der Waals surface area contributed by atoms with Crippen LogP contribution in [0.1, 0.15) is 41.6 Å². The number of fused-ring (bicyclic) bond motifs is 1. The van der Waals surface area contributed by atoms with Gasteiger partial charge in [0.15, 0.2) is 5.13 Å². The summed E-state index contributed by atoms with van der Waals surface area (Å²) in [6, 6.07) is 13.5. The van der Waals surface area contributed by atoms with Crippen molar-refractivity contribution in [1.29, 1.82) is 5.26 Å². The zero-order valence-corrected chi connectivity index (χ0v) is 19.0. The number of nitrogens with zero attached hydrogens (tertiary/aromatic N) is 4. The fourth-order valence-electron chi connectivity index (χ4n) is 4.11. The van der Waals surface area contributed by atoms with Gasteiger partial charge in [0, 0.05) is 29.6 Å². The van der Waals surface area contributed by atoms with E-state index in [9.17, 15) is 9.90 Å². The summed E-state index contributed by atoms with van der Waals surface area (Å²) in [6.07, 6.45) is 7.11. The highest BCUT2D eigenvalue weighted by Crippen LogP contribution is 2.32. The predicted octanol–water partition coefficient (Wildman–Crippen LogP) is 4.90. The second-order valence-electron chi connectivity index (χ2n) is 8.34. The van der Waals surface area contributed by atoms with E-state index < -0.39 is 0 Å². The molecule has 1 aliphatic carbocycles. The maximum atomic E-state index is 11.5. The third kappa shape index (κ3) is 4.88. The fraction of sp³-hybridized carbons (Fsp3) is 0.240. The molecule has 1 aliphatic rings. The number of hydrogen-bond donors (Lipinski definition) is 3. The van der Waals surface area contributed by atoms with E-state index in [4.69, 9.17) is 5.26 Å². The van der Waals surface area contributed by atoms with Crippen LogP contribution in [-0.2, 0) is 0 Å². The van der Waals surface area contributed by atoms with Crippen LogP contribution in [0.15, 0.2) is 48.8 Å². The average Bonchev–Trinajstić information content (AvgIpc) is 3.26. The van der Waals surface area contributed by atoms with Crippen LogP contribution in [0.25, 0.3) is 21.3 Å². The van der Waals surface area contributed by atoms with Crippen molar-refractivity contribution in [2.45, 2.75) is 37.8 Å². The highest BCUT2D eigenvalue weighted by Gasteiger charge is 2.20. The van der Waals surface area contributed by atoms with E-state index in [0.717, 1.165) is 53.3 Å². The molecule has 0 radical (unpaired) electrons. The Labute approximate surface area is 200 Å². The monoisotopic (exact) mass is 470 g/mol. The molecule has 0 bridgehead atoms. The van der Waals surface area contributed by atoms with Crippen molar-refractivity contribution in [1.82, 2.24) is 15.0 Å². The van der Waals surface area contributed by atoms with Gasteiger partial charge in [-0.2, -0.15) is 5.26 Å². The van der Waals surface area contributed by atoms with E-state index in [0.29, 0.717) is 27.9 Å². The molecule has 5 rings (SSSR count). The van der Waals surface area contributed by atoms with Crippen molar-refractivity contribution in [3.05, 3.63) is 59.9 Å². The lowest BCUT2D eigenvalue weighted by Crippen LogP contribution is -2.28. The maximum Gasteiger partial charge on any atom is 0.189 e. The highest BCUT2D eigenvalue weighted by atomic mass is 32.1. The van der Waals surface area contributed by atoms with Crippen molar-refractivity contribution < 1.29 is 9.90 Å². The standard InChI is InChI=1S/C25H22N6O2S/c26-11-16-7-18(13-27-12-16)17-1-6-21-22(10-17)34-25(29-21)31-24-9-15(14-32)8-23(30-24)28-19-2-4-20(33)5-3-19/h1,6-10,12-14,19-20,33H,2-5H2,(H2,28,29,30,31)/t19-,20-. The molecule has 3 aromatic heterocycles. The second kappa shape index (κ2) is 9.55. The van der Waals surface area contributed by atoms with E-state index in [1.165, 1.54) is 17.5 Å². The lowest BCUT2D eigenvalue weighted by atomic mass is 9.93. The van der Waals surface area contributed by atoms with Crippen LogP contribution in [-0.4, -0.2) is 38.5 Å². The summed E-state index contributed by atoms with van der Waals surface area (Å²) < 4.78 is 0.980. The molecule has 9 heteroatoms. The van der Waals surface area contributed by atoms with Crippen LogP contribution in [0.3, 0.4) is 0 Å². The zero-order chi connectivity index (χ0) is 23.5. The third-order valence-corrected chi connectivity index (χ3v) is 6.79. The summed E-state index contributed by atoms with van der Waals surface area (Å²) >= 11 is 1.48. The molecule has 4 aromatic rings. The molecule has 34 heavy (non-hydrogen) atoms. The molecule has 1 aromatic carbocycles. The number of pyridine rings is 2. The molecule has 0 atom stereocenters. The van der Waals surface area contributed by atoms with Crippen LogP contribution < -0.4 is 10.6 Å². The number of carbonyl (C=O) groups is 1. The van der Waals surface area contributed by atoms with Gasteiger partial charge in [0.2, 0.25) is 0 Å². The van der Waals surface area contributed by atoms with E-state index in [1.807, 2.05) is 24.3 Å². The van der Waals surface area contributed by atoms with Crippen molar-refractivity contribution in [3.8, 4) is 17.2 Å². The topological polar surface area (TPSA) is 124 Å². The van der Waals surface area contributed by atoms with Gasteiger partial charge < -0.3 is 15.7 Å². The number of aldehydes is 1. The molecule has 0 amide bonds. The second-order valence-corrected chi connectivity index (χ2v) is 9.37. The van der Waals surface area contributed by atoms with Crippen LogP contribution in [0, 0.1) is 11.3 Å². The number of rotatable bonds is 6. The number of aromatic nitrogens is 3. The number of anilines is 3. The minimum Gasteiger partial charge on any atom is -0.393 e. The van der Waals surface area contributed by atoms with Gasteiger partial charge in [0.05, 0.1) is 21.9 Å². The number of carbonyl (C=O) groups excluding carboxylic acids is 1. The molecule has 0 spiro atoms. The minimum absolute atomic E-state index is 0.223. The Morgan fingerprint density at radius 2 is 1.85 bits per heavy atom. The molecule has 3 heterocycles. The number of nitrogens with one attached hydrogen (secondary N) is 2. The summed E-state index contributed by atoms with van der Waals surface area (Å²) in [5.74, 6) is 1.16. The third-order valence-electron chi connectivity index (χ3n) is 5.86. The van der Waals surface area contributed by atoms with Crippen molar-refractivity contribution in [3.63, 3.8) is 0 Å². The highest BCUT2D eigenvalue weighted by molar-refractivity contribution is 7.22. The van der Waals surface area contributed by atoms with E-state index in [-0.39, 0.29) is 12.1 Å². The van der Waals surface area contributed by atoms with Crippen LogP contribution >= 0.6 is 11.3 Å². The Morgan fingerprint density at radius 3 is 2.65 bits per heavy atom. The Balaban J connectivity index is 1.38. The molecule has 1 saturated carbocycles. The number of benzene rings is 1. The van der Waals surface area contributed by atoms with Crippen LogP contribution in [0.5, 0.6) is 0 Å². The smallest absolute Gasteiger partial charge is 0.189 e. The van der Waals surface area contributed by atoms with Gasteiger partial charge in [0.25, 0.3) is 0 Å². The van der Waals surface area contributed by atoms with Crippen LogP contribution in [0.2, 0.25) is 0 Å². The van der Waals surface area contributed by atoms with Gasteiger partial charge in [0.1, 0.15) is 24.0 Å². The lowest BCUT2D eigenvalue weighted by Gasteiger charge is -2.26. The molecule has 170 valence electrons. The van der Waals surface area contributed by atoms with E-state index in [2.05, 4.69) is 31.7 Å². The first kappa shape index (κ1) is 21.9. The predicted molar refractivity (Wildman–Crippen MR) is 132 cm³/mol. The van der Waals surface area contributed by atoms with E-state index in [1.54, 1.807) is 18.3 Å². The van der Waals surface area contributed by atoms with Gasteiger partial charge in [-0.25, -0.2) is 9.97 Å². The lowest BCUT2D eigenvalue weighted by molar-refractivity contribution is 0.112. The fourth-order valence-corrected chi connectivity index (χ4v) is 5.03. The van der Waals surface area contributed by atoms with Gasteiger partial charge in [-0.3, -0.25) is 9.78 Å². The largest absolute Gasteiger partial charge is 0.393 e. The van der Waals surface area contributed by atoms with Gasteiger partial charge >= 0.3 is 0 Å². The average molecular weight is 471 g/mol. The zero-order valence-electron chi connectivity index (χ0n) is 18.2. The van der Waals surface area contributed by atoms with Gasteiger partial charge in [-0.1, -0.05) is 17.4 Å². The number of hydrogen-bond acceptors (Lipinski definition) is 9. The van der Waals surface area contributed by atoms with Crippen LogP contribution in [0.4, 0.5) is 16.8 Å². The van der Waals surface area contributed by atoms with Gasteiger partial charge in [-0.05, 0) is 61.6 Å². The molecular weight excluding hydrogens is 448 g/mol. The SMILES string of the molecule is N#Cc1cncc(-c2ccc3nc(Nc4cc(C=O)cc(N[C@H]5CC[C@H](O)CC5)n4)sc3c2)c1. The van der Waals surface area contributed by atoms with Gasteiger partial charge in [-0.15, -0.1) is 0 Å². The number of aliphatic hydroxyl groups is 1. The summed E-state index contributed by atoms with van der Waals surface area (Å²) in [5, 5.41) is 26.2. The van der Waals surface area contributed by atoms with Crippen molar-refractivity contribution >= 4 is 44.6 Å². The summed E-state index contributed by atoms with van der Waals surface area (Å²) in [4.78, 5) is 24.9. The van der Waals surface area contributed by atoms with Crippen molar-refractivity contribution in [2.75, 3.05) is 10.6 Å². The Hall–Kier alpha value is -3.87. The summed E-state index contributed by atoms with van der Waals surface area (Å²) in [7, 11) is 0. The maximum absolute atomic E-state index is 11.5. The quantitative estimate of drug-likeness (QED) is 0.340. The molecule has 0 saturated heterocycles. The minimum atomic E-state index is -0.226. The normalized spacial score (nSPS) is 17.8. The Kier molecular flexibility index (Phi) is 6.16. The first-order valence-electron chi connectivity index (χ1n) is 11.0. The summed E-state index contributed by atoms with van der Waals surface area (Å²) in [6.45, 7) is 0. The Bertz CT molecular complexity index is 1390. The Morgan fingerprint density at radius 1 is 1.03 bits per heavy atom. The molecule has 1 fully saturated rings. The molecule has 0 unspecified atom stereocenters. The summed E-state index contributed by atoms with van der Waals surface area (Å²) in [5.41, 5.74) is 3.70. The molecule has 8 nitrogen and oxygen atoms in total. The molecule has 3 N–H and O–H groups in total. The first-order valence-corrected chi connectivity index (χ1v) is 11.9. The molecule has 0 aliphatic heterocycles. The number of aliphatic hydroxyl groups excluding tert-OH is 1. The number of nitriles is 1. The number of thiazole rings is 1. The van der Waals surface area contributed by atoms with Crippen molar-refractivity contribution in [2.24, 2.45) is 0 Å².